The first-order valence-electron chi connectivity index (χ1n) is 10.6. The number of halogens is 1. The predicted octanol–water partition coefficient (Wildman–Crippen LogP) is 7.08. The Morgan fingerprint density at radius 3 is 2.33 bits per heavy atom. The summed E-state index contributed by atoms with van der Waals surface area (Å²) in [4.78, 5) is 24.6. The van der Waals surface area contributed by atoms with Crippen molar-refractivity contribution in [1.82, 2.24) is 0 Å². The summed E-state index contributed by atoms with van der Waals surface area (Å²) in [6, 6.07) is 24.5. The Labute approximate surface area is 200 Å². The average molecular weight is 503 g/mol. The van der Waals surface area contributed by atoms with Crippen LogP contribution < -0.4 is 10.6 Å². The van der Waals surface area contributed by atoms with E-state index < -0.39 is 5.97 Å². The van der Waals surface area contributed by atoms with E-state index in [0.29, 0.717) is 23.4 Å². The average Bonchev–Trinajstić information content (AvgIpc) is 2.82. The zero-order chi connectivity index (χ0) is 23.4. The molecule has 0 spiro atoms. The van der Waals surface area contributed by atoms with E-state index in [0.717, 1.165) is 32.2 Å². The van der Waals surface area contributed by atoms with Crippen molar-refractivity contribution in [3.63, 3.8) is 0 Å². The molecule has 5 nitrogen and oxygen atoms in total. The van der Waals surface area contributed by atoms with Crippen LogP contribution in [-0.4, -0.2) is 18.5 Å². The molecule has 0 saturated heterocycles. The maximum atomic E-state index is 12.8. The van der Waals surface area contributed by atoms with Crippen LogP contribution in [0.3, 0.4) is 0 Å². The number of nitrogens with one attached hydrogen (secondary N) is 2. The fourth-order valence-electron chi connectivity index (χ4n) is 3.48. The van der Waals surface area contributed by atoms with E-state index in [2.05, 4.69) is 44.8 Å². The van der Waals surface area contributed by atoms with Crippen LogP contribution in [0, 0.1) is 6.92 Å². The third-order valence-corrected chi connectivity index (χ3v) is 5.95. The number of ether oxygens (including phenoxy) is 1. The Balaban J connectivity index is 1.51. The lowest BCUT2D eigenvalue weighted by Gasteiger charge is -2.13. The predicted molar refractivity (Wildman–Crippen MR) is 136 cm³/mol. The molecule has 0 radical (unpaired) electrons. The highest BCUT2D eigenvalue weighted by atomic mass is 79.9. The normalized spacial score (nSPS) is 10.6. The number of carbonyl (C=O) groups excluding carboxylic acids is 2. The minimum Gasteiger partial charge on any atom is -0.462 e. The molecule has 0 bridgehead atoms. The number of hydrogen-bond donors (Lipinski definition) is 2. The van der Waals surface area contributed by atoms with Gasteiger partial charge in [0, 0.05) is 27.1 Å². The first-order chi connectivity index (χ1) is 15.9. The van der Waals surface area contributed by atoms with E-state index in [1.807, 2.05) is 43.3 Å². The quantitative estimate of drug-likeness (QED) is 0.276. The summed E-state index contributed by atoms with van der Waals surface area (Å²) in [5, 5.41) is 8.65. The largest absolute Gasteiger partial charge is 0.462 e. The summed E-state index contributed by atoms with van der Waals surface area (Å²) >= 11 is 3.61. The van der Waals surface area contributed by atoms with E-state index in [1.165, 1.54) is 0 Å². The number of carbonyl (C=O) groups is 2. The second-order valence-electron chi connectivity index (χ2n) is 7.58. The van der Waals surface area contributed by atoms with Crippen LogP contribution in [-0.2, 0) is 4.74 Å². The SMILES string of the molecule is CCOC(=O)c1ccc(C(=O)Nc2cc(Nc3ccc4cccc(Br)c4c3)ccc2C)cc1. The van der Waals surface area contributed by atoms with Crippen molar-refractivity contribution in [1.29, 1.82) is 0 Å². The first-order valence-corrected chi connectivity index (χ1v) is 11.4. The van der Waals surface area contributed by atoms with Gasteiger partial charge >= 0.3 is 5.97 Å². The molecular formula is C27H23BrN2O3. The zero-order valence-corrected chi connectivity index (χ0v) is 19.9. The molecule has 4 rings (SSSR count). The molecule has 0 aliphatic rings. The lowest BCUT2D eigenvalue weighted by Crippen LogP contribution is -2.13. The second-order valence-corrected chi connectivity index (χ2v) is 8.44. The van der Waals surface area contributed by atoms with Crippen LogP contribution >= 0.6 is 15.9 Å². The van der Waals surface area contributed by atoms with Gasteiger partial charge in [0.1, 0.15) is 0 Å². The maximum Gasteiger partial charge on any atom is 0.338 e. The summed E-state index contributed by atoms with van der Waals surface area (Å²) in [5.74, 6) is -0.653. The van der Waals surface area contributed by atoms with E-state index in [1.54, 1.807) is 31.2 Å². The first kappa shape index (κ1) is 22.6. The fraction of sp³-hybridized carbons (Fsp3) is 0.111. The Morgan fingerprint density at radius 1 is 0.879 bits per heavy atom. The number of amides is 1. The molecule has 1 amide bonds. The molecule has 0 saturated carbocycles. The summed E-state index contributed by atoms with van der Waals surface area (Å²) in [6.07, 6.45) is 0. The van der Waals surface area contributed by atoms with Crippen molar-refractivity contribution in [3.05, 3.63) is 100 Å². The molecule has 0 atom stereocenters. The zero-order valence-electron chi connectivity index (χ0n) is 18.3. The van der Waals surface area contributed by atoms with Crippen LogP contribution in [0.25, 0.3) is 10.8 Å². The van der Waals surface area contributed by atoms with Gasteiger partial charge in [-0.2, -0.15) is 0 Å². The lowest BCUT2D eigenvalue weighted by atomic mass is 10.1. The molecule has 4 aromatic rings. The van der Waals surface area contributed by atoms with Gasteiger partial charge in [-0.3, -0.25) is 4.79 Å². The standard InChI is InChI=1S/C27H23BrN2O3/c1-3-33-27(32)20-10-8-19(9-11-20)26(31)30-25-16-22(13-7-17(25)2)29-21-14-12-18-5-4-6-24(28)23(18)15-21/h4-16,29H,3H2,1-2H3,(H,30,31). The Hall–Kier alpha value is -3.64. The number of fused-ring (bicyclic) bond motifs is 1. The van der Waals surface area contributed by atoms with Crippen molar-refractivity contribution in [2.45, 2.75) is 13.8 Å². The van der Waals surface area contributed by atoms with Crippen molar-refractivity contribution >= 4 is 55.6 Å². The highest BCUT2D eigenvalue weighted by Gasteiger charge is 2.11. The topological polar surface area (TPSA) is 67.4 Å². The minimum absolute atomic E-state index is 0.250. The summed E-state index contributed by atoms with van der Waals surface area (Å²) in [6.45, 7) is 4.00. The van der Waals surface area contributed by atoms with Crippen LogP contribution in [0.4, 0.5) is 17.1 Å². The Kier molecular flexibility index (Phi) is 6.75. The fourth-order valence-corrected chi connectivity index (χ4v) is 3.98. The van der Waals surface area contributed by atoms with E-state index in [9.17, 15) is 9.59 Å². The van der Waals surface area contributed by atoms with E-state index in [-0.39, 0.29) is 5.91 Å². The van der Waals surface area contributed by atoms with Gasteiger partial charge in [0.05, 0.1) is 12.2 Å². The summed E-state index contributed by atoms with van der Waals surface area (Å²) in [5.41, 5.74) is 4.34. The van der Waals surface area contributed by atoms with Crippen molar-refractivity contribution in [2.24, 2.45) is 0 Å². The molecule has 2 N–H and O–H groups in total. The highest BCUT2D eigenvalue weighted by Crippen LogP contribution is 2.29. The number of rotatable bonds is 6. The van der Waals surface area contributed by atoms with Gasteiger partial charge in [-0.1, -0.05) is 40.2 Å². The number of anilines is 3. The summed E-state index contributed by atoms with van der Waals surface area (Å²) in [7, 11) is 0. The summed E-state index contributed by atoms with van der Waals surface area (Å²) < 4.78 is 6.02. The Bertz CT molecular complexity index is 1330. The van der Waals surface area contributed by atoms with Gasteiger partial charge in [0.2, 0.25) is 0 Å². The molecule has 4 aromatic carbocycles. The van der Waals surface area contributed by atoms with Crippen molar-refractivity contribution < 1.29 is 14.3 Å². The molecule has 0 fully saturated rings. The molecule has 0 heterocycles. The van der Waals surface area contributed by atoms with Gasteiger partial charge in [-0.25, -0.2) is 4.79 Å². The van der Waals surface area contributed by atoms with E-state index in [4.69, 9.17) is 4.74 Å². The number of benzene rings is 4. The van der Waals surface area contributed by atoms with Crippen molar-refractivity contribution in [3.8, 4) is 0 Å². The monoisotopic (exact) mass is 502 g/mol. The molecule has 33 heavy (non-hydrogen) atoms. The lowest BCUT2D eigenvalue weighted by molar-refractivity contribution is 0.0526. The van der Waals surface area contributed by atoms with Crippen LogP contribution in [0.2, 0.25) is 0 Å². The van der Waals surface area contributed by atoms with Crippen LogP contribution in [0.5, 0.6) is 0 Å². The number of esters is 1. The number of hydrogen-bond acceptors (Lipinski definition) is 4. The third kappa shape index (κ3) is 5.23. The third-order valence-electron chi connectivity index (χ3n) is 5.26. The molecule has 0 unspecified atom stereocenters. The molecule has 0 aromatic heterocycles. The molecular weight excluding hydrogens is 480 g/mol. The number of aryl methyl sites for hydroxylation is 1. The maximum absolute atomic E-state index is 12.8. The molecule has 0 aliphatic carbocycles. The van der Waals surface area contributed by atoms with Crippen LogP contribution in [0.15, 0.2) is 83.3 Å². The smallest absolute Gasteiger partial charge is 0.338 e. The van der Waals surface area contributed by atoms with Gasteiger partial charge in [0.25, 0.3) is 5.91 Å². The molecule has 166 valence electrons. The van der Waals surface area contributed by atoms with Gasteiger partial charge in [-0.15, -0.1) is 0 Å². The van der Waals surface area contributed by atoms with Crippen LogP contribution in [0.1, 0.15) is 33.2 Å². The molecule has 6 heteroatoms. The second kappa shape index (κ2) is 9.88. The van der Waals surface area contributed by atoms with Gasteiger partial charge < -0.3 is 15.4 Å². The highest BCUT2D eigenvalue weighted by molar-refractivity contribution is 9.10. The Morgan fingerprint density at radius 2 is 1.58 bits per heavy atom. The van der Waals surface area contributed by atoms with Gasteiger partial charge in [-0.05, 0) is 84.8 Å². The van der Waals surface area contributed by atoms with Crippen molar-refractivity contribution in [2.75, 3.05) is 17.2 Å². The van der Waals surface area contributed by atoms with E-state index >= 15 is 0 Å². The van der Waals surface area contributed by atoms with Gasteiger partial charge in [0.15, 0.2) is 0 Å². The molecule has 0 aliphatic heterocycles. The minimum atomic E-state index is -0.403.